The Balaban J connectivity index is 1.88. The molecule has 1 saturated carbocycles. The van der Waals surface area contributed by atoms with Crippen molar-refractivity contribution in [2.24, 2.45) is 0 Å². The Kier molecular flexibility index (Phi) is 4.48. The predicted octanol–water partition coefficient (Wildman–Crippen LogP) is 2.40. The van der Waals surface area contributed by atoms with Crippen LogP contribution in [0.15, 0.2) is 18.2 Å². The van der Waals surface area contributed by atoms with Crippen LogP contribution in [-0.4, -0.2) is 33.7 Å². The lowest BCUT2D eigenvalue weighted by molar-refractivity contribution is -0.151. The Bertz CT molecular complexity index is 628. The summed E-state index contributed by atoms with van der Waals surface area (Å²) in [6, 6.07) is 3.06. The van der Waals surface area contributed by atoms with Crippen molar-refractivity contribution < 1.29 is 26.7 Å². The van der Waals surface area contributed by atoms with Crippen molar-refractivity contribution in [2.45, 2.75) is 37.3 Å². The zero-order valence-corrected chi connectivity index (χ0v) is 13.4. The van der Waals surface area contributed by atoms with Gasteiger partial charge in [-0.1, -0.05) is 12.8 Å². The number of benzene rings is 1. The van der Waals surface area contributed by atoms with Crippen LogP contribution in [-0.2, 0) is 25.0 Å². The molecule has 0 bridgehead atoms. The third-order valence-corrected chi connectivity index (χ3v) is 5.70. The van der Waals surface area contributed by atoms with Gasteiger partial charge < -0.3 is 4.74 Å². The molecule has 2 fully saturated rings. The van der Waals surface area contributed by atoms with Gasteiger partial charge >= 0.3 is 5.97 Å². The van der Waals surface area contributed by atoms with Crippen LogP contribution in [0.3, 0.4) is 0 Å². The summed E-state index contributed by atoms with van der Waals surface area (Å²) in [5.41, 5.74) is -0.725. The summed E-state index contributed by atoms with van der Waals surface area (Å²) < 4.78 is 50.8. The summed E-state index contributed by atoms with van der Waals surface area (Å²) in [4.78, 5) is 12.2. The first-order chi connectivity index (χ1) is 11.0. The number of halogens is 2. The van der Waals surface area contributed by atoms with Crippen LogP contribution >= 0.6 is 0 Å². The van der Waals surface area contributed by atoms with E-state index in [-0.39, 0.29) is 12.1 Å². The van der Waals surface area contributed by atoms with E-state index >= 15 is 0 Å². The van der Waals surface area contributed by atoms with Crippen LogP contribution in [0, 0.1) is 11.6 Å². The molecule has 0 spiro atoms. The van der Waals surface area contributed by atoms with Gasteiger partial charge in [-0.15, -0.1) is 0 Å². The third kappa shape index (κ3) is 2.90. The highest BCUT2D eigenvalue weighted by molar-refractivity contribution is 7.78. The number of hydrogen-bond donors (Lipinski definition) is 0. The minimum atomic E-state index is -1.87. The van der Waals surface area contributed by atoms with Crippen LogP contribution in [0.4, 0.5) is 8.78 Å². The Morgan fingerprint density at radius 3 is 2.48 bits per heavy atom. The summed E-state index contributed by atoms with van der Waals surface area (Å²) in [7, 11) is 1.29. The van der Waals surface area contributed by atoms with Crippen molar-refractivity contribution in [3.63, 3.8) is 0 Å². The van der Waals surface area contributed by atoms with Gasteiger partial charge in [0.2, 0.25) is 11.3 Å². The van der Waals surface area contributed by atoms with Gasteiger partial charge in [-0.25, -0.2) is 13.0 Å². The van der Waals surface area contributed by atoms with Crippen molar-refractivity contribution in [3.05, 3.63) is 35.4 Å². The van der Waals surface area contributed by atoms with Gasteiger partial charge in [-0.3, -0.25) is 8.98 Å². The largest absolute Gasteiger partial charge is 0.468 e. The summed E-state index contributed by atoms with van der Waals surface area (Å²) in [5, 5.41) is 0. The predicted molar refractivity (Wildman–Crippen MR) is 78.2 cm³/mol. The van der Waals surface area contributed by atoms with Gasteiger partial charge in [-0.05, 0) is 30.5 Å². The fraction of sp³-hybridized carbons (Fsp3) is 0.533. The molecule has 1 heterocycles. The number of carbonyl (C=O) groups is 1. The number of nitrogens with zero attached hydrogens (tertiary/aromatic N) is 1. The molecule has 0 amide bonds. The van der Waals surface area contributed by atoms with E-state index in [9.17, 15) is 17.8 Å². The molecule has 2 atom stereocenters. The fourth-order valence-electron chi connectivity index (χ4n) is 3.34. The molecule has 2 aliphatic rings. The van der Waals surface area contributed by atoms with Gasteiger partial charge in [-0.2, -0.15) is 4.31 Å². The van der Waals surface area contributed by atoms with Gasteiger partial charge in [0.1, 0.15) is 23.3 Å². The number of rotatable bonds is 3. The Morgan fingerprint density at radius 2 is 1.91 bits per heavy atom. The summed E-state index contributed by atoms with van der Waals surface area (Å²) in [6.45, 7) is 0.116. The zero-order chi connectivity index (χ0) is 16.6. The van der Waals surface area contributed by atoms with Crippen LogP contribution in [0.25, 0.3) is 0 Å². The SMILES string of the molecule is COC(=O)C1(N2C[C@@H](c3cc(F)cc(F)c3)O[S@]2=O)CCCC1. The van der Waals surface area contributed by atoms with E-state index in [0.717, 1.165) is 31.0 Å². The summed E-state index contributed by atoms with van der Waals surface area (Å²) >= 11 is -1.87. The van der Waals surface area contributed by atoms with Gasteiger partial charge in [0.05, 0.1) is 7.11 Å². The van der Waals surface area contributed by atoms with Crippen LogP contribution in [0.1, 0.15) is 37.4 Å². The van der Waals surface area contributed by atoms with Crippen molar-refractivity contribution in [1.29, 1.82) is 0 Å². The minimum absolute atomic E-state index is 0.116. The van der Waals surface area contributed by atoms with E-state index in [1.165, 1.54) is 11.4 Å². The van der Waals surface area contributed by atoms with E-state index in [0.29, 0.717) is 12.8 Å². The number of hydrogen-bond acceptors (Lipinski definition) is 4. The maximum atomic E-state index is 13.4. The number of methoxy groups -OCH3 is 1. The van der Waals surface area contributed by atoms with Crippen LogP contribution < -0.4 is 0 Å². The number of carbonyl (C=O) groups excluding carboxylic acids is 1. The quantitative estimate of drug-likeness (QED) is 0.790. The summed E-state index contributed by atoms with van der Waals surface area (Å²) in [6.07, 6.45) is 1.94. The summed E-state index contributed by atoms with van der Waals surface area (Å²) in [5.74, 6) is -1.90. The molecule has 1 aromatic rings. The third-order valence-electron chi connectivity index (χ3n) is 4.44. The maximum absolute atomic E-state index is 13.4. The first-order valence-corrected chi connectivity index (χ1v) is 8.40. The molecule has 0 unspecified atom stereocenters. The van der Waals surface area contributed by atoms with E-state index in [2.05, 4.69) is 0 Å². The second kappa shape index (κ2) is 6.26. The van der Waals surface area contributed by atoms with E-state index in [4.69, 9.17) is 8.92 Å². The molecule has 5 nitrogen and oxygen atoms in total. The van der Waals surface area contributed by atoms with E-state index in [1.54, 1.807) is 0 Å². The fourth-order valence-corrected chi connectivity index (χ4v) is 4.61. The molecule has 126 valence electrons. The lowest BCUT2D eigenvalue weighted by atomic mass is 9.96. The molecule has 1 saturated heterocycles. The van der Waals surface area contributed by atoms with Gasteiger partial charge in [0.25, 0.3) is 0 Å². The molecular weight excluding hydrogens is 328 g/mol. The molecule has 3 rings (SSSR count). The highest BCUT2D eigenvalue weighted by atomic mass is 32.2. The Labute approximate surface area is 135 Å². The van der Waals surface area contributed by atoms with Crippen LogP contribution in [0.2, 0.25) is 0 Å². The highest BCUT2D eigenvalue weighted by Gasteiger charge is 2.53. The number of esters is 1. The topological polar surface area (TPSA) is 55.8 Å². The molecule has 0 radical (unpaired) electrons. The van der Waals surface area contributed by atoms with Gasteiger partial charge in [0.15, 0.2) is 0 Å². The second-order valence-corrected chi connectivity index (χ2v) is 6.86. The smallest absolute Gasteiger partial charge is 0.327 e. The standard InChI is InChI=1S/C15H17F2NO4S/c1-21-14(19)15(4-2-3-5-15)18-9-13(22-23(18)20)10-6-11(16)8-12(17)7-10/h6-8,13H,2-5,9H2,1H3/t13-,23+/m0/s1. The molecule has 1 aliphatic carbocycles. The van der Waals surface area contributed by atoms with Gasteiger partial charge in [0, 0.05) is 12.6 Å². The van der Waals surface area contributed by atoms with Crippen molar-refractivity contribution in [3.8, 4) is 0 Å². The molecule has 1 aromatic carbocycles. The minimum Gasteiger partial charge on any atom is -0.468 e. The van der Waals surface area contributed by atoms with Crippen molar-refractivity contribution >= 4 is 17.2 Å². The normalized spacial score (nSPS) is 27.3. The zero-order valence-electron chi connectivity index (χ0n) is 12.6. The molecular formula is C15H17F2NO4S. The first-order valence-electron chi connectivity index (χ1n) is 7.37. The lowest BCUT2D eigenvalue weighted by Crippen LogP contribution is -2.52. The average Bonchev–Trinajstić information content (AvgIpc) is 3.13. The second-order valence-electron chi connectivity index (χ2n) is 5.80. The van der Waals surface area contributed by atoms with E-state index in [1.807, 2.05) is 0 Å². The molecule has 23 heavy (non-hydrogen) atoms. The van der Waals surface area contributed by atoms with E-state index < -0.39 is 40.5 Å². The van der Waals surface area contributed by atoms with Crippen molar-refractivity contribution in [1.82, 2.24) is 4.31 Å². The Hall–Kier alpha value is -1.38. The maximum Gasteiger partial charge on any atom is 0.327 e. The molecule has 0 N–H and O–H groups in total. The molecule has 8 heteroatoms. The molecule has 1 aliphatic heterocycles. The monoisotopic (exact) mass is 345 g/mol. The lowest BCUT2D eigenvalue weighted by Gasteiger charge is -2.32. The average molecular weight is 345 g/mol. The number of ether oxygens (including phenoxy) is 1. The van der Waals surface area contributed by atoms with Crippen LogP contribution in [0.5, 0.6) is 0 Å². The van der Waals surface area contributed by atoms with Crippen molar-refractivity contribution in [2.75, 3.05) is 13.7 Å². The Morgan fingerprint density at radius 1 is 1.30 bits per heavy atom. The molecule has 0 aromatic heterocycles. The first kappa shape index (κ1) is 16.5. The highest BCUT2D eigenvalue weighted by Crippen LogP contribution is 2.42.